The van der Waals surface area contributed by atoms with E-state index in [0.29, 0.717) is 11.3 Å². The van der Waals surface area contributed by atoms with Gasteiger partial charge in [0, 0.05) is 23.0 Å². The lowest BCUT2D eigenvalue weighted by atomic mass is 10.2. The molecule has 28 heavy (non-hydrogen) atoms. The number of carbonyl (C=O) groups excluding carboxylic acids is 3. The van der Waals surface area contributed by atoms with Gasteiger partial charge in [0.25, 0.3) is 5.91 Å². The van der Waals surface area contributed by atoms with Gasteiger partial charge in [0.15, 0.2) is 0 Å². The second kappa shape index (κ2) is 9.41. The van der Waals surface area contributed by atoms with Crippen LogP contribution in [0.15, 0.2) is 48.5 Å². The van der Waals surface area contributed by atoms with Crippen LogP contribution < -0.4 is 16.0 Å². The van der Waals surface area contributed by atoms with Gasteiger partial charge in [-0.3, -0.25) is 14.4 Å². The van der Waals surface area contributed by atoms with E-state index in [1.807, 2.05) is 31.2 Å². The molecule has 146 valence electrons. The van der Waals surface area contributed by atoms with Gasteiger partial charge in [0.05, 0.1) is 11.5 Å². The fraction of sp³-hybridized carbons (Fsp3) is 0.286. The van der Waals surface area contributed by atoms with Gasteiger partial charge < -0.3 is 16.0 Å². The van der Waals surface area contributed by atoms with Crippen molar-refractivity contribution in [1.29, 1.82) is 0 Å². The Kier molecular flexibility index (Phi) is 6.71. The lowest BCUT2D eigenvalue weighted by Gasteiger charge is -2.08. The number of thioether (sulfide) groups is 1. The van der Waals surface area contributed by atoms with E-state index in [0.717, 1.165) is 24.1 Å². The molecule has 0 atom stereocenters. The molecule has 3 rings (SSSR count). The van der Waals surface area contributed by atoms with Crippen molar-refractivity contribution in [3.8, 4) is 0 Å². The SMILES string of the molecule is Cc1ccc(NC(=O)CSCC(=O)Nc2cccc(C(=O)NC3CC3)c2)cc1. The first-order valence-corrected chi connectivity index (χ1v) is 10.3. The van der Waals surface area contributed by atoms with Gasteiger partial charge in [0.2, 0.25) is 11.8 Å². The molecular weight excluding hydrogens is 374 g/mol. The average Bonchev–Trinajstić information content (AvgIpc) is 3.48. The molecule has 0 aromatic heterocycles. The Balaban J connectivity index is 1.40. The van der Waals surface area contributed by atoms with Crippen molar-refractivity contribution in [2.24, 2.45) is 0 Å². The topological polar surface area (TPSA) is 87.3 Å². The van der Waals surface area contributed by atoms with E-state index in [2.05, 4.69) is 16.0 Å². The summed E-state index contributed by atoms with van der Waals surface area (Å²) in [6.07, 6.45) is 2.05. The summed E-state index contributed by atoms with van der Waals surface area (Å²) in [5, 5.41) is 8.48. The predicted octanol–water partition coefficient (Wildman–Crippen LogP) is 3.20. The summed E-state index contributed by atoms with van der Waals surface area (Å²) >= 11 is 1.23. The van der Waals surface area contributed by atoms with Crippen molar-refractivity contribution < 1.29 is 14.4 Å². The summed E-state index contributed by atoms with van der Waals surface area (Å²) in [6, 6.07) is 14.7. The zero-order valence-corrected chi connectivity index (χ0v) is 16.5. The van der Waals surface area contributed by atoms with Crippen molar-refractivity contribution in [3.63, 3.8) is 0 Å². The van der Waals surface area contributed by atoms with Crippen molar-refractivity contribution in [1.82, 2.24) is 5.32 Å². The molecule has 0 spiro atoms. The van der Waals surface area contributed by atoms with Crippen LogP contribution in [0.25, 0.3) is 0 Å². The first-order valence-electron chi connectivity index (χ1n) is 9.14. The Morgan fingerprint density at radius 1 is 0.929 bits per heavy atom. The van der Waals surface area contributed by atoms with Crippen LogP contribution in [0.5, 0.6) is 0 Å². The quantitative estimate of drug-likeness (QED) is 0.638. The van der Waals surface area contributed by atoms with Crippen LogP contribution >= 0.6 is 11.8 Å². The predicted molar refractivity (Wildman–Crippen MR) is 113 cm³/mol. The molecule has 1 saturated carbocycles. The molecule has 0 saturated heterocycles. The van der Waals surface area contributed by atoms with Gasteiger partial charge in [-0.15, -0.1) is 11.8 Å². The van der Waals surface area contributed by atoms with Crippen LogP contribution in [0, 0.1) is 6.92 Å². The van der Waals surface area contributed by atoms with Crippen LogP contribution in [0.4, 0.5) is 11.4 Å². The molecule has 0 radical (unpaired) electrons. The van der Waals surface area contributed by atoms with Gasteiger partial charge in [-0.2, -0.15) is 0 Å². The Morgan fingerprint density at radius 3 is 2.21 bits per heavy atom. The van der Waals surface area contributed by atoms with Crippen LogP contribution in [-0.4, -0.2) is 35.3 Å². The van der Waals surface area contributed by atoms with Gasteiger partial charge >= 0.3 is 0 Å². The first-order chi connectivity index (χ1) is 13.5. The zero-order valence-electron chi connectivity index (χ0n) is 15.7. The third-order valence-electron chi connectivity index (χ3n) is 4.12. The number of nitrogens with one attached hydrogen (secondary N) is 3. The van der Waals surface area contributed by atoms with Crippen molar-refractivity contribution in [2.75, 3.05) is 22.1 Å². The van der Waals surface area contributed by atoms with E-state index in [1.165, 1.54) is 11.8 Å². The Hall–Kier alpha value is -2.80. The smallest absolute Gasteiger partial charge is 0.251 e. The lowest BCUT2D eigenvalue weighted by Crippen LogP contribution is -2.25. The molecule has 3 amide bonds. The highest BCUT2D eigenvalue weighted by atomic mass is 32.2. The number of aryl methyl sites for hydroxylation is 1. The molecule has 7 heteroatoms. The zero-order chi connectivity index (χ0) is 19.9. The minimum absolute atomic E-state index is 0.124. The first kappa shape index (κ1) is 19.9. The monoisotopic (exact) mass is 397 g/mol. The summed E-state index contributed by atoms with van der Waals surface area (Å²) in [5.74, 6) is -0.153. The summed E-state index contributed by atoms with van der Waals surface area (Å²) in [7, 11) is 0. The number of hydrogen-bond acceptors (Lipinski definition) is 4. The van der Waals surface area contributed by atoms with Crippen LogP contribution in [-0.2, 0) is 9.59 Å². The van der Waals surface area contributed by atoms with Crippen LogP contribution in [0.2, 0.25) is 0 Å². The highest BCUT2D eigenvalue weighted by molar-refractivity contribution is 8.00. The third-order valence-corrected chi connectivity index (χ3v) is 5.06. The summed E-state index contributed by atoms with van der Waals surface area (Å²) < 4.78 is 0. The van der Waals surface area contributed by atoms with E-state index in [4.69, 9.17) is 0 Å². The largest absolute Gasteiger partial charge is 0.349 e. The van der Waals surface area contributed by atoms with Crippen molar-refractivity contribution in [2.45, 2.75) is 25.8 Å². The van der Waals surface area contributed by atoms with Crippen molar-refractivity contribution in [3.05, 3.63) is 59.7 Å². The van der Waals surface area contributed by atoms with E-state index < -0.39 is 0 Å². The van der Waals surface area contributed by atoms with E-state index in [-0.39, 0.29) is 35.3 Å². The number of amides is 3. The van der Waals surface area contributed by atoms with Gasteiger partial charge in [-0.05, 0) is 50.1 Å². The molecule has 2 aromatic rings. The molecule has 0 heterocycles. The minimum Gasteiger partial charge on any atom is -0.349 e. The maximum Gasteiger partial charge on any atom is 0.251 e. The van der Waals surface area contributed by atoms with E-state index in [1.54, 1.807) is 24.3 Å². The van der Waals surface area contributed by atoms with E-state index in [9.17, 15) is 14.4 Å². The highest BCUT2D eigenvalue weighted by Crippen LogP contribution is 2.20. The fourth-order valence-electron chi connectivity index (χ4n) is 2.50. The number of carbonyl (C=O) groups is 3. The average molecular weight is 398 g/mol. The van der Waals surface area contributed by atoms with Crippen molar-refractivity contribution >= 4 is 40.9 Å². The van der Waals surface area contributed by atoms with Gasteiger partial charge in [-0.1, -0.05) is 23.8 Å². The molecule has 1 aliphatic carbocycles. The molecule has 3 N–H and O–H groups in total. The maximum atomic E-state index is 12.1. The Bertz CT molecular complexity index is 863. The number of benzene rings is 2. The summed E-state index contributed by atoms with van der Waals surface area (Å²) in [6.45, 7) is 1.98. The Morgan fingerprint density at radius 2 is 1.57 bits per heavy atom. The second-order valence-electron chi connectivity index (χ2n) is 6.78. The summed E-state index contributed by atoms with van der Waals surface area (Å²) in [5.41, 5.74) is 2.95. The molecule has 0 aliphatic heterocycles. The normalized spacial score (nSPS) is 12.9. The number of anilines is 2. The molecule has 1 fully saturated rings. The molecule has 0 unspecified atom stereocenters. The maximum absolute atomic E-state index is 12.1. The fourth-order valence-corrected chi connectivity index (χ4v) is 3.12. The van der Waals surface area contributed by atoms with Gasteiger partial charge in [-0.25, -0.2) is 0 Å². The standard InChI is InChI=1S/C21H23N3O3S/c1-14-5-7-16(8-6-14)22-19(25)12-28-13-20(26)23-18-4-2-3-15(11-18)21(27)24-17-9-10-17/h2-8,11,17H,9-10,12-13H2,1H3,(H,22,25)(H,23,26)(H,24,27). The molecule has 2 aromatic carbocycles. The summed E-state index contributed by atoms with van der Waals surface area (Å²) in [4.78, 5) is 36.1. The van der Waals surface area contributed by atoms with Crippen LogP contribution in [0.1, 0.15) is 28.8 Å². The lowest BCUT2D eigenvalue weighted by molar-refractivity contribution is -0.114. The minimum atomic E-state index is -0.215. The molecular formula is C21H23N3O3S. The van der Waals surface area contributed by atoms with Crippen LogP contribution in [0.3, 0.4) is 0 Å². The molecule has 0 bridgehead atoms. The van der Waals surface area contributed by atoms with Gasteiger partial charge in [0.1, 0.15) is 0 Å². The molecule has 6 nitrogen and oxygen atoms in total. The number of hydrogen-bond donors (Lipinski definition) is 3. The Labute approximate surface area is 168 Å². The highest BCUT2D eigenvalue weighted by Gasteiger charge is 2.23. The second-order valence-corrected chi connectivity index (χ2v) is 7.77. The number of rotatable bonds is 8. The van der Waals surface area contributed by atoms with E-state index >= 15 is 0 Å². The molecule has 1 aliphatic rings. The third kappa shape index (κ3) is 6.42.